The molecule has 1 N–H and O–H groups in total. The summed E-state index contributed by atoms with van der Waals surface area (Å²) in [4.78, 5) is 12.7. The molecule has 162 valence electrons. The highest BCUT2D eigenvalue weighted by molar-refractivity contribution is 14.1. The van der Waals surface area contributed by atoms with Crippen molar-refractivity contribution in [1.29, 1.82) is 5.26 Å². The smallest absolute Gasteiger partial charge is 0.266 e. The van der Waals surface area contributed by atoms with E-state index in [1.54, 1.807) is 13.2 Å². The van der Waals surface area contributed by atoms with E-state index < -0.39 is 5.91 Å². The maximum absolute atomic E-state index is 12.7. The van der Waals surface area contributed by atoms with Gasteiger partial charge in [-0.15, -0.1) is 0 Å². The van der Waals surface area contributed by atoms with Crippen LogP contribution in [-0.4, -0.2) is 13.0 Å². The fourth-order valence-corrected chi connectivity index (χ4v) is 4.29. The zero-order valence-corrected chi connectivity index (χ0v) is 20.9. The Hall–Kier alpha value is -2.82. The number of carbonyl (C=O) groups excluding carboxylic acids is 1. The van der Waals surface area contributed by atoms with Gasteiger partial charge in [-0.25, -0.2) is 0 Å². The van der Waals surface area contributed by atoms with Crippen LogP contribution in [0.2, 0.25) is 5.02 Å². The second kappa shape index (κ2) is 10.7. The molecule has 0 radical (unpaired) electrons. The zero-order valence-electron chi connectivity index (χ0n) is 18.0. The number of rotatable bonds is 6. The first-order valence-electron chi connectivity index (χ1n) is 9.92. The lowest BCUT2D eigenvalue weighted by Crippen LogP contribution is -2.14. The molecule has 3 aromatic carbocycles. The molecule has 4 nitrogen and oxygen atoms in total. The van der Waals surface area contributed by atoms with Gasteiger partial charge in [-0.05, 0) is 89.0 Å². The van der Waals surface area contributed by atoms with Gasteiger partial charge in [-0.1, -0.05) is 41.9 Å². The molecular formula is C26H22ClIN2O2. The Morgan fingerprint density at radius 1 is 1.19 bits per heavy atom. The van der Waals surface area contributed by atoms with Gasteiger partial charge in [0.2, 0.25) is 0 Å². The van der Waals surface area contributed by atoms with E-state index in [-0.39, 0.29) is 5.57 Å². The van der Waals surface area contributed by atoms with E-state index in [1.165, 1.54) is 0 Å². The predicted molar refractivity (Wildman–Crippen MR) is 138 cm³/mol. The second-order valence-corrected chi connectivity index (χ2v) is 8.96. The highest BCUT2D eigenvalue weighted by atomic mass is 127. The third-order valence-corrected chi connectivity index (χ3v) is 6.37. The molecule has 0 atom stereocenters. The highest BCUT2D eigenvalue weighted by Gasteiger charge is 2.15. The SMILES string of the molecule is COc1cc(/C=C(\C#N)C(=O)Nc2cc(C)ccc2C)cc(I)c1Cc1ccccc1Cl. The fourth-order valence-electron chi connectivity index (χ4n) is 3.28. The number of nitrogens with one attached hydrogen (secondary N) is 1. The van der Waals surface area contributed by atoms with Gasteiger partial charge >= 0.3 is 0 Å². The maximum atomic E-state index is 12.7. The van der Waals surface area contributed by atoms with E-state index in [0.717, 1.165) is 25.8 Å². The molecule has 0 unspecified atom stereocenters. The molecule has 0 heterocycles. The van der Waals surface area contributed by atoms with Gasteiger partial charge in [0.15, 0.2) is 0 Å². The third kappa shape index (κ3) is 5.70. The van der Waals surface area contributed by atoms with E-state index in [1.807, 2.05) is 74.5 Å². The number of aryl methyl sites for hydroxylation is 2. The first kappa shape index (κ1) is 23.8. The van der Waals surface area contributed by atoms with Gasteiger partial charge in [0.05, 0.1) is 7.11 Å². The average Bonchev–Trinajstić information content (AvgIpc) is 2.77. The number of anilines is 1. The van der Waals surface area contributed by atoms with Gasteiger partial charge in [0, 0.05) is 26.3 Å². The Morgan fingerprint density at radius 3 is 2.62 bits per heavy atom. The van der Waals surface area contributed by atoms with E-state index in [2.05, 4.69) is 27.9 Å². The number of methoxy groups -OCH3 is 1. The summed E-state index contributed by atoms with van der Waals surface area (Å²) < 4.78 is 6.58. The van der Waals surface area contributed by atoms with Crippen molar-refractivity contribution in [2.24, 2.45) is 0 Å². The highest BCUT2D eigenvalue weighted by Crippen LogP contribution is 2.31. The van der Waals surface area contributed by atoms with Gasteiger partial charge in [0.1, 0.15) is 17.4 Å². The Balaban J connectivity index is 1.91. The number of benzene rings is 3. The number of amides is 1. The molecule has 6 heteroatoms. The van der Waals surface area contributed by atoms with Crippen molar-refractivity contribution < 1.29 is 9.53 Å². The van der Waals surface area contributed by atoms with Crippen LogP contribution in [0.15, 0.2) is 60.2 Å². The summed E-state index contributed by atoms with van der Waals surface area (Å²) in [5.41, 5.74) is 5.38. The summed E-state index contributed by atoms with van der Waals surface area (Å²) in [5.74, 6) is 0.227. The largest absolute Gasteiger partial charge is 0.496 e. The lowest BCUT2D eigenvalue weighted by atomic mass is 10.0. The van der Waals surface area contributed by atoms with Crippen LogP contribution in [0.3, 0.4) is 0 Å². The fraction of sp³-hybridized carbons (Fsp3) is 0.154. The van der Waals surface area contributed by atoms with Crippen LogP contribution in [0.1, 0.15) is 27.8 Å². The van der Waals surface area contributed by atoms with Crippen LogP contribution in [0.5, 0.6) is 5.75 Å². The Bertz CT molecular complexity index is 1250. The predicted octanol–water partition coefficient (Wildman–Crippen LogP) is 6.71. The Kier molecular flexibility index (Phi) is 7.94. The van der Waals surface area contributed by atoms with Crippen molar-refractivity contribution >= 4 is 51.9 Å². The molecule has 0 fully saturated rings. The van der Waals surface area contributed by atoms with E-state index >= 15 is 0 Å². The molecule has 0 aliphatic heterocycles. The average molecular weight is 557 g/mol. The van der Waals surface area contributed by atoms with Crippen LogP contribution in [0, 0.1) is 28.7 Å². The minimum Gasteiger partial charge on any atom is -0.496 e. The molecule has 0 saturated carbocycles. The quantitative estimate of drug-likeness (QED) is 0.209. The summed E-state index contributed by atoms with van der Waals surface area (Å²) in [6.45, 7) is 3.87. The van der Waals surface area contributed by atoms with Crippen molar-refractivity contribution in [1.82, 2.24) is 0 Å². The number of halogens is 2. The van der Waals surface area contributed by atoms with Crippen molar-refractivity contribution in [3.8, 4) is 11.8 Å². The molecule has 32 heavy (non-hydrogen) atoms. The summed E-state index contributed by atoms with van der Waals surface area (Å²) in [5, 5.41) is 13.1. The molecule has 0 aliphatic rings. The van der Waals surface area contributed by atoms with Crippen molar-refractivity contribution in [2.75, 3.05) is 12.4 Å². The van der Waals surface area contributed by atoms with E-state index in [9.17, 15) is 10.1 Å². The van der Waals surface area contributed by atoms with Crippen LogP contribution >= 0.6 is 34.2 Å². The lowest BCUT2D eigenvalue weighted by molar-refractivity contribution is -0.112. The summed E-state index contributed by atoms with van der Waals surface area (Å²) in [7, 11) is 1.60. The monoisotopic (exact) mass is 556 g/mol. The number of nitriles is 1. The second-order valence-electron chi connectivity index (χ2n) is 7.39. The van der Waals surface area contributed by atoms with Gasteiger partial charge in [-0.3, -0.25) is 4.79 Å². The van der Waals surface area contributed by atoms with Crippen LogP contribution in [-0.2, 0) is 11.2 Å². The van der Waals surface area contributed by atoms with Crippen LogP contribution in [0.4, 0.5) is 5.69 Å². The minimum absolute atomic E-state index is 0.0163. The first-order valence-corrected chi connectivity index (χ1v) is 11.4. The molecule has 0 bridgehead atoms. The number of ether oxygens (including phenoxy) is 1. The first-order chi connectivity index (χ1) is 15.3. The van der Waals surface area contributed by atoms with Crippen molar-refractivity contribution in [3.05, 3.63) is 96.6 Å². The lowest BCUT2D eigenvalue weighted by Gasteiger charge is -2.13. The minimum atomic E-state index is -0.449. The van der Waals surface area contributed by atoms with Gasteiger partial charge in [0.25, 0.3) is 5.91 Å². The Labute approximate surface area is 207 Å². The standard InChI is InChI=1S/C26H22ClIN2O2/c1-16-8-9-17(2)24(10-16)30-26(31)20(15-29)11-18-12-23(28)21(25(13-18)32-3)14-19-6-4-5-7-22(19)27/h4-13H,14H2,1-3H3,(H,30,31)/b20-11+. The Morgan fingerprint density at radius 2 is 1.94 bits per heavy atom. The number of nitrogens with zero attached hydrogens (tertiary/aromatic N) is 1. The van der Waals surface area contributed by atoms with E-state index in [4.69, 9.17) is 16.3 Å². The number of carbonyl (C=O) groups is 1. The molecule has 3 rings (SSSR count). The molecule has 0 spiro atoms. The van der Waals surface area contributed by atoms with Crippen molar-refractivity contribution in [3.63, 3.8) is 0 Å². The number of hydrogen-bond acceptors (Lipinski definition) is 3. The molecule has 0 saturated heterocycles. The van der Waals surface area contributed by atoms with Crippen LogP contribution in [0.25, 0.3) is 6.08 Å². The molecule has 0 aliphatic carbocycles. The summed E-state index contributed by atoms with van der Waals surface area (Å²) in [6.07, 6.45) is 2.19. The molecular weight excluding hydrogens is 535 g/mol. The molecule has 1 amide bonds. The van der Waals surface area contributed by atoms with Gasteiger partial charge in [-0.2, -0.15) is 5.26 Å². The maximum Gasteiger partial charge on any atom is 0.266 e. The summed E-state index contributed by atoms with van der Waals surface area (Å²) in [6, 6.07) is 19.3. The van der Waals surface area contributed by atoms with E-state index in [0.29, 0.717) is 28.4 Å². The normalized spacial score (nSPS) is 11.1. The molecule has 0 aromatic heterocycles. The summed E-state index contributed by atoms with van der Waals surface area (Å²) >= 11 is 8.57. The number of hydrogen-bond donors (Lipinski definition) is 1. The molecule has 3 aromatic rings. The van der Waals surface area contributed by atoms with Crippen molar-refractivity contribution in [2.45, 2.75) is 20.3 Å². The van der Waals surface area contributed by atoms with Gasteiger partial charge < -0.3 is 10.1 Å². The zero-order chi connectivity index (χ0) is 23.3. The third-order valence-electron chi connectivity index (χ3n) is 5.04. The topological polar surface area (TPSA) is 62.1 Å². The van der Waals surface area contributed by atoms with Crippen LogP contribution < -0.4 is 10.1 Å².